The Hall–Kier alpha value is -0.120. The Balaban J connectivity index is 1.60. The molecule has 1 saturated heterocycles. The van der Waals surface area contributed by atoms with Gasteiger partial charge in [-0.3, -0.25) is 0 Å². The topological polar surface area (TPSA) is 21.7 Å². The minimum Gasteiger partial charge on any atom is -0.375 e. The molecule has 0 N–H and O–H groups in total. The number of nitrogens with zero attached hydrogens (tertiary/aromatic N) is 1. The largest absolute Gasteiger partial charge is 0.375 e. The van der Waals surface area contributed by atoms with E-state index >= 15 is 0 Å². The zero-order chi connectivity index (χ0) is 15.7. The van der Waals surface area contributed by atoms with Gasteiger partial charge in [0.2, 0.25) is 0 Å². The molecule has 3 heteroatoms. The summed E-state index contributed by atoms with van der Waals surface area (Å²) >= 11 is 0. The lowest BCUT2D eigenvalue weighted by Gasteiger charge is -2.42. The molecule has 2 aliphatic rings. The highest BCUT2D eigenvalue weighted by molar-refractivity contribution is 4.85. The van der Waals surface area contributed by atoms with E-state index in [0.717, 1.165) is 12.8 Å². The number of hydrogen-bond acceptors (Lipinski definition) is 3. The van der Waals surface area contributed by atoms with Gasteiger partial charge in [-0.05, 0) is 51.9 Å². The summed E-state index contributed by atoms with van der Waals surface area (Å²) in [6.07, 6.45) is 5.88. The SMILES string of the molecule is CC(C)(C)CN1CCC(OC2CC(OC(C)(C)C)C2)CC1. The van der Waals surface area contributed by atoms with Crippen molar-refractivity contribution in [2.75, 3.05) is 19.6 Å². The molecular formula is C18H35NO2. The van der Waals surface area contributed by atoms with Gasteiger partial charge in [-0.15, -0.1) is 0 Å². The molecule has 0 amide bonds. The summed E-state index contributed by atoms with van der Waals surface area (Å²) in [5, 5.41) is 0. The Morgan fingerprint density at radius 3 is 1.90 bits per heavy atom. The average molecular weight is 297 g/mol. The van der Waals surface area contributed by atoms with Gasteiger partial charge in [-0.25, -0.2) is 0 Å². The van der Waals surface area contributed by atoms with Crippen LogP contribution in [0.4, 0.5) is 0 Å². The highest BCUT2D eigenvalue weighted by Gasteiger charge is 2.35. The maximum Gasteiger partial charge on any atom is 0.0631 e. The van der Waals surface area contributed by atoms with Crippen molar-refractivity contribution in [3.05, 3.63) is 0 Å². The molecule has 0 bridgehead atoms. The summed E-state index contributed by atoms with van der Waals surface area (Å²) in [6.45, 7) is 16.9. The number of piperidine rings is 1. The van der Waals surface area contributed by atoms with E-state index in [4.69, 9.17) is 9.47 Å². The molecule has 0 aromatic rings. The lowest BCUT2D eigenvalue weighted by Crippen LogP contribution is -2.46. The normalized spacial score (nSPS) is 29.4. The maximum absolute atomic E-state index is 6.24. The fourth-order valence-corrected chi connectivity index (χ4v) is 3.37. The van der Waals surface area contributed by atoms with Crippen molar-refractivity contribution in [2.45, 2.75) is 91.1 Å². The standard InChI is InChI=1S/C18H35NO2/c1-17(2,3)13-19-9-7-14(8-10-19)20-15-11-16(12-15)21-18(4,5)6/h14-16H,7-13H2,1-6H3. The molecule has 0 radical (unpaired) electrons. The second kappa shape index (κ2) is 6.55. The maximum atomic E-state index is 6.24. The fraction of sp³-hybridized carbons (Fsp3) is 1.00. The van der Waals surface area contributed by atoms with E-state index in [0.29, 0.717) is 23.7 Å². The zero-order valence-electron chi connectivity index (χ0n) is 14.9. The Kier molecular flexibility index (Phi) is 5.38. The second-order valence-electron chi connectivity index (χ2n) is 9.12. The predicted octanol–water partition coefficient (Wildman–Crippen LogP) is 3.86. The summed E-state index contributed by atoms with van der Waals surface area (Å²) < 4.78 is 12.2. The summed E-state index contributed by atoms with van der Waals surface area (Å²) in [6, 6.07) is 0. The summed E-state index contributed by atoms with van der Waals surface area (Å²) in [4.78, 5) is 2.59. The highest BCUT2D eigenvalue weighted by Crippen LogP contribution is 2.32. The van der Waals surface area contributed by atoms with Gasteiger partial charge in [0.05, 0.1) is 23.9 Å². The molecule has 0 unspecified atom stereocenters. The average Bonchev–Trinajstić information content (AvgIpc) is 2.25. The molecule has 2 rings (SSSR count). The van der Waals surface area contributed by atoms with Crippen LogP contribution >= 0.6 is 0 Å². The van der Waals surface area contributed by atoms with Crippen LogP contribution in [-0.2, 0) is 9.47 Å². The van der Waals surface area contributed by atoms with Crippen LogP contribution in [0, 0.1) is 5.41 Å². The summed E-state index contributed by atoms with van der Waals surface area (Å²) in [7, 11) is 0. The van der Waals surface area contributed by atoms with Crippen LogP contribution in [0.3, 0.4) is 0 Å². The van der Waals surface area contributed by atoms with E-state index in [1.807, 2.05) is 0 Å². The third kappa shape index (κ3) is 6.25. The molecule has 124 valence electrons. The number of hydrogen-bond donors (Lipinski definition) is 0. The Bertz CT molecular complexity index is 315. The summed E-state index contributed by atoms with van der Waals surface area (Å²) in [5.41, 5.74) is 0.382. The van der Waals surface area contributed by atoms with Crippen LogP contribution in [0.1, 0.15) is 67.2 Å². The van der Waals surface area contributed by atoms with Crippen molar-refractivity contribution in [1.29, 1.82) is 0 Å². The molecule has 0 spiro atoms. The molecule has 2 fully saturated rings. The molecule has 3 nitrogen and oxygen atoms in total. The Morgan fingerprint density at radius 1 is 0.857 bits per heavy atom. The first-order valence-corrected chi connectivity index (χ1v) is 8.66. The van der Waals surface area contributed by atoms with Crippen LogP contribution in [0.15, 0.2) is 0 Å². The number of likely N-dealkylation sites (tertiary alicyclic amines) is 1. The molecule has 0 aromatic carbocycles. The molecular weight excluding hydrogens is 262 g/mol. The third-order valence-corrected chi connectivity index (χ3v) is 4.19. The second-order valence-corrected chi connectivity index (χ2v) is 9.12. The quantitative estimate of drug-likeness (QED) is 0.786. The molecule has 0 atom stereocenters. The van der Waals surface area contributed by atoms with Crippen LogP contribution < -0.4 is 0 Å². The first-order chi connectivity index (χ1) is 9.61. The lowest BCUT2D eigenvalue weighted by atomic mass is 9.90. The van der Waals surface area contributed by atoms with Gasteiger partial charge in [0, 0.05) is 19.6 Å². The Labute approximate surface area is 131 Å². The van der Waals surface area contributed by atoms with Gasteiger partial charge in [0.25, 0.3) is 0 Å². The smallest absolute Gasteiger partial charge is 0.0631 e. The Morgan fingerprint density at radius 2 is 1.43 bits per heavy atom. The third-order valence-electron chi connectivity index (χ3n) is 4.19. The van der Waals surface area contributed by atoms with Crippen molar-refractivity contribution in [3.63, 3.8) is 0 Å². The van der Waals surface area contributed by atoms with Crippen molar-refractivity contribution >= 4 is 0 Å². The summed E-state index contributed by atoms with van der Waals surface area (Å²) in [5.74, 6) is 0. The van der Waals surface area contributed by atoms with Gasteiger partial charge < -0.3 is 14.4 Å². The van der Waals surface area contributed by atoms with Crippen LogP contribution in [0.2, 0.25) is 0 Å². The number of rotatable bonds is 4. The van der Waals surface area contributed by atoms with E-state index < -0.39 is 0 Å². The van der Waals surface area contributed by atoms with Crippen LogP contribution in [-0.4, -0.2) is 48.4 Å². The number of ether oxygens (including phenoxy) is 2. The van der Waals surface area contributed by atoms with E-state index in [2.05, 4.69) is 46.4 Å². The zero-order valence-corrected chi connectivity index (χ0v) is 14.9. The van der Waals surface area contributed by atoms with E-state index in [9.17, 15) is 0 Å². The van der Waals surface area contributed by atoms with Gasteiger partial charge in [-0.1, -0.05) is 20.8 Å². The molecule has 0 aromatic heterocycles. The van der Waals surface area contributed by atoms with E-state index in [-0.39, 0.29) is 5.60 Å². The fourth-order valence-electron chi connectivity index (χ4n) is 3.37. The van der Waals surface area contributed by atoms with Crippen LogP contribution in [0.25, 0.3) is 0 Å². The minimum atomic E-state index is -0.0199. The molecule has 1 heterocycles. The van der Waals surface area contributed by atoms with Gasteiger partial charge in [0.15, 0.2) is 0 Å². The van der Waals surface area contributed by atoms with Gasteiger partial charge in [0.1, 0.15) is 0 Å². The minimum absolute atomic E-state index is 0.0199. The van der Waals surface area contributed by atoms with E-state index in [1.54, 1.807) is 0 Å². The van der Waals surface area contributed by atoms with Gasteiger partial charge >= 0.3 is 0 Å². The first-order valence-electron chi connectivity index (χ1n) is 8.66. The molecule has 1 aliphatic carbocycles. The predicted molar refractivity (Wildman–Crippen MR) is 87.7 cm³/mol. The van der Waals surface area contributed by atoms with E-state index in [1.165, 1.54) is 32.5 Å². The molecule has 1 aliphatic heterocycles. The van der Waals surface area contributed by atoms with Crippen molar-refractivity contribution < 1.29 is 9.47 Å². The van der Waals surface area contributed by atoms with Crippen molar-refractivity contribution in [2.24, 2.45) is 5.41 Å². The van der Waals surface area contributed by atoms with Crippen molar-refractivity contribution in [1.82, 2.24) is 4.90 Å². The monoisotopic (exact) mass is 297 g/mol. The first kappa shape index (κ1) is 17.2. The lowest BCUT2D eigenvalue weighted by molar-refractivity contribution is -0.168. The van der Waals surface area contributed by atoms with Crippen LogP contribution in [0.5, 0.6) is 0 Å². The van der Waals surface area contributed by atoms with Gasteiger partial charge in [-0.2, -0.15) is 0 Å². The molecule has 21 heavy (non-hydrogen) atoms. The highest BCUT2D eigenvalue weighted by atomic mass is 16.5. The van der Waals surface area contributed by atoms with Crippen molar-refractivity contribution in [3.8, 4) is 0 Å². The molecule has 1 saturated carbocycles.